The van der Waals surface area contributed by atoms with Crippen molar-refractivity contribution in [2.24, 2.45) is 12.8 Å². The van der Waals surface area contributed by atoms with Gasteiger partial charge in [-0.2, -0.15) is 5.10 Å². The van der Waals surface area contributed by atoms with Gasteiger partial charge in [0.25, 0.3) is 0 Å². The minimum Gasteiger partial charge on any atom is -0.455 e. The van der Waals surface area contributed by atoms with Crippen LogP contribution in [0.25, 0.3) is 16.8 Å². The first-order valence-electron chi connectivity index (χ1n) is 7.63. The average Bonchev–Trinajstić information content (AvgIpc) is 3.24. The summed E-state index contributed by atoms with van der Waals surface area (Å²) in [4.78, 5) is 15.5. The van der Waals surface area contributed by atoms with Crippen LogP contribution in [0.2, 0.25) is 0 Å². The Hall–Kier alpha value is -3.61. The van der Waals surface area contributed by atoms with Crippen LogP contribution in [0.3, 0.4) is 0 Å². The van der Waals surface area contributed by atoms with Gasteiger partial charge in [-0.25, -0.2) is 9.50 Å². The van der Waals surface area contributed by atoms with Gasteiger partial charge in [-0.3, -0.25) is 4.79 Å². The molecular formula is C18H15N5O2. The number of amides is 1. The van der Waals surface area contributed by atoms with Crippen LogP contribution >= 0.6 is 0 Å². The molecule has 0 saturated carbocycles. The number of hydrogen-bond donors (Lipinski definition) is 1. The number of carbonyl (C=O) groups excluding carboxylic acids is 1. The second kappa shape index (κ2) is 5.79. The molecule has 4 aromatic rings. The van der Waals surface area contributed by atoms with Gasteiger partial charge in [-0.15, -0.1) is 0 Å². The Balaban J connectivity index is 1.75. The van der Waals surface area contributed by atoms with Crippen LogP contribution in [0.1, 0.15) is 10.4 Å². The van der Waals surface area contributed by atoms with E-state index < -0.39 is 5.91 Å². The molecule has 25 heavy (non-hydrogen) atoms. The molecule has 1 aromatic carbocycles. The monoisotopic (exact) mass is 333 g/mol. The molecule has 0 spiro atoms. The molecule has 7 nitrogen and oxygen atoms in total. The Morgan fingerprint density at radius 3 is 2.64 bits per heavy atom. The second-order valence-electron chi connectivity index (χ2n) is 5.67. The summed E-state index contributed by atoms with van der Waals surface area (Å²) in [6.07, 6.45) is 7.28. The van der Waals surface area contributed by atoms with Crippen molar-refractivity contribution >= 4 is 11.4 Å². The fraction of sp³-hybridized carbons (Fsp3) is 0.0556. The van der Waals surface area contributed by atoms with Crippen LogP contribution in [-0.4, -0.2) is 25.1 Å². The van der Waals surface area contributed by atoms with Crippen LogP contribution in [0, 0.1) is 0 Å². The zero-order chi connectivity index (χ0) is 17.4. The maximum atomic E-state index is 11.2. The first-order valence-corrected chi connectivity index (χ1v) is 7.63. The highest BCUT2D eigenvalue weighted by molar-refractivity contribution is 5.92. The lowest BCUT2D eigenvalue weighted by Crippen LogP contribution is -2.10. The van der Waals surface area contributed by atoms with E-state index >= 15 is 0 Å². The molecule has 0 bridgehead atoms. The summed E-state index contributed by atoms with van der Waals surface area (Å²) < 4.78 is 9.63. The summed E-state index contributed by atoms with van der Waals surface area (Å²) in [5.74, 6) is 0.778. The van der Waals surface area contributed by atoms with Crippen molar-refractivity contribution in [1.29, 1.82) is 0 Å². The lowest BCUT2D eigenvalue weighted by molar-refractivity contribution is 0.100. The minimum atomic E-state index is -0.470. The summed E-state index contributed by atoms with van der Waals surface area (Å²) in [7, 11) is 1.92. The van der Waals surface area contributed by atoms with Gasteiger partial charge in [-0.1, -0.05) is 0 Å². The third-order valence-electron chi connectivity index (χ3n) is 3.84. The van der Waals surface area contributed by atoms with Gasteiger partial charge in [0.2, 0.25) is 5.91 Å². The van der Waals surface area contributed by atoms with Gasteiger partial charge in [0.15, 0.2) is 5.75 Å². The molecule has 0 unspecified atom stereocenters. The molecule has 3 heterocycles. The van der Waals surface area contributed by atoms with E-state index in [0.717, 1.165) is 16.8 Å². The quantitative estimate of drug-likeness (QED) is 0.622. The van der Waals surface area contributed by atoms with Crippen molar-refractivity contribution in [3.8, 4) is 22.8 Å². The van der Waals surface area contributed by atoms with Gasteiger partial charge in [0.05, 0.1) is 18.2 Å². The maximum Gasteiger partial charge on any atom is 0.248 e. The van der Waals surface area contributed by atoms with Crippen molar-refractivity contribution < 1.29 is 9.53 Å². The van der Waals surface area contributed by atoms with Crippen LogP contribution in [0.15, 0.2) is 61.3 Å². The van der Waals surface area contributed by atoms with Crippen molar-refractivity contribution in [1.82, 2.24) is 19.2 Å². The van der Waals surface area contributed by atoms with Gasteiger partial charge < -0.3 is 15.0 Å². The first-order chi connectivity index (χ1) is 12.1. The normalized spacial score (nSPS) is 10.9. The van der Waals surface area contributed by atoms with E-state index in [-0.39, 0.29) is 0 Å². The Morgan fingerprint density at radius 2 is 1.96 bits per heavy atom. The topological polar surface area (TPSA) is 87.4 Å². The van der Waals surface area contributed by atoms with Crippen molar-refractivity contribution in [2.75, 3.05) is 0 Å². The highest BCUT2D eigenvalue weighted by Crippen LogP contribution is 2.30. The highest BCUT2D eigenvalue weighted by Gasteiger charge is 2.11. The van der Waals surface area contributed by atoms with Gasteiger partial charge in [-0.05, 0) is 36.4 Å². The Bertz CT molecular complexity index is 1060. The summed E-state index contributed by atoms with van der Waals surface area (Å²) in [6.45, 7) is 0. The summed E-state index contributed by atoms with van der Waals surface area (Å²) in [5.41, 5.74) is 8.25. The van der Waals surface area contributed by atoms with Crippen molar-refractivity contribution in [3.63, 3.8) is 0 Å². The van der Waals surface area contributed by atoms with E-state index in [2.05, 4.69) is 10.1 Å². The second-order valence-corrected chi connectivity index (χ2v) is 5.67. The predicted molar refractivity (Wildman–Crippen MR) is 92.4 cm³/mol. The molecule has 3 aromatic heterocycles. The number of aromatic nitrogens is 4. The van der Waals surface area contributed by atoms with E-state index in [0.29, 0.717) is 17.1 Å². The Kier molecular flexibility index (Phi) is 3.46. The van der Waals surface area contributed by atoms with E-state index in [1.54, 1.807) is 41.3 Å². The van der Waals surface area contributed by atoms with Gasteiger partial charge in [0, 0.05) is 30.6 Å². The number of ether oxygens (including phenoxy) is 1. The number of nitrogens with zero attached hydrogens (tertiary/aromatic N) is 4. The molecule has 0 saturated heterocycles. The molecular weight excluding hydrogens is 318 g/mol. The standard InChI is InChI=1S/C18H15N5O2/c1-22-10-15(20-11-22)13-8-17(16-6-7-21-23(16)9-13)25-14-4-2-12(3-5-14)18(19)24/h2-11H,1H3,(H2,19,24). The molecule has 0 aliphatic carbocycles. The third-order valence-corrected chi connectivity index (χ3v) is 3.84. The molecule has 4 rings (SSSR count). The first kappa shape index (κ1) is 14.9. The summed E-state index contributed by atoms with van der Waals surface area (Å²) in [5, 5.41) is 4.29. The molecule has 1 amide bonds. The van der Waals surface area contributed by atoms with E-state index in [1.807, 2.05) is 36.1 Å². The average molecular weight is 333 g/mol. The lowest BCUT2D eigenvalue weighted by Gasteiger charge is -2.09. The number of rotatable bonds is 4. The zero-order valence-corrected chi connectivity index (χ0v) is 13.5. The number of carbonyl (C=O) groups is 1. The fourth-order valence-electron chi connectivity index (χ4n) is 2.59. The van der Waals surface area contributed by atoms with E-state index in [1.165, 1.54) is 0 Å². The predicted octanol–water partition coefficient (Wildman–Crippen LogP) is 2.63. The van der Waals surface area contributed by atoms with E-state index in [9.17, 15) is 4.79 Å². The number of aryl methyl sites for hydroxylation is 1. The summed E-state index contributed by atoms with van der Waals surface area (Å²) in [6, 6.07) is 10.5. The minimum absolute atomic E-state index is 0.434. The molecule has 0 atom stereocenters. The number of hydrogen-bond acceptors (Lipinski definition) is 4. The number of fused-ring (bicyclic) bond motifs is 1. The molecule has 2 N–H and O–H groups in total. The van der Waals surface area contributed by atoms with Crippen molar-refractivity contribution in [2.45, 2.75) is 0 Å². The molecule has 0 aliphatic rings. The molecule has 124 valence electrons. The number of benzene rings is 1. The number of primary amides is 1. The van der Waals surface area contributed by atoms with Crippen LogP contribution in [0.4, 0.5) is 0 Å². The Labute approximate surface area is 143 Å². The number of imidazole rings is 1. The largest absolute Gasteiger partial charge is 0.455 e. The zero-order valence-electron chi connectivity index (χ0n) is 13.5. The third kappa shape index (κ3) is 2.83. The van der Waals surface area contributed by atoms with Gasteiger partial charge >= 0.3 is 0 Å². The SMILES string of the molecule is Cn1cnc(-c2cc(Oc3ccc(C(N)=O)cc3)c3ccnn3c2)c1. The molecule has 7 heteroatoms. The molecule has 0 aliphatic heterocycles. The molecule has 0 fully saturated rings. The lowest BCUT2D eigenvalue weighted by atomic mass is 10.2. The van der Waals surface area contributed by atoms with Crippen LogP contribution < -0.4 is 10.5 Å². The number of pyridine rings is 1. The molecule has 0 radical (unpaired) electrons. The van der Waals surface area contributed by atoms with Crippen LogP contribution in [-0.2, 0) is 7.05 Å². The Morgan fingerprint density at radius 1 is 1.16 bits per heavy atom. The maximum absolute atomic E-state index is 11.2. The van der Waals surface area contributed by atoms with Gasteiger partial charge in [0.1, 0.15) is 11.3 Å². The highest BCUT2D eigenvalue weighted by atomic mass is 16.5. The van der Waals surface area contributed by atoms with E-state index in [4.69, 9.17) is 10.5 Å². The van der Waals surface area contributed by atoms with Crippen molar-refractivity contribution in [3.05, 3.63) is 66.9 Å². The smallest absolute Gasteiger partial charge is 0.248 e. The summed E-state index contributed by atoms with van der Waals surface area (Å²) >= 11 is 0. The fourth-order valence-corrected chi connectivity index (χ4v) is 2.59. The van der Waals surface area contributed by atoms with Crippen LogP contribution in [0.5, 0.6) is 11.5 Å². The number of nitrogens with two attached hydrogens (primary N) is 1.